The lowest BCUT2D eigenvalue weighted by molar-refractivity contribution is -0.877. The molecule has 1 aromatic carbocycles. The fourth-order valence-electron chi connectivity index (χ4n) is 2.56. The highest BCUT2D eigenvalue weighted by molar-refractivity contribution is 6.04. The number of quaternary nitrogens is 1. The second-order valence-electron chi connectivity index (χ2n) is 5.84. The smallest absolute Gasteiger partial charge is 0.107 e. The van der Waals surface area contributed by atoms with Crippen LogP contribution < -0.4 is 0 Å². The second-order valence-corrected chi connectivity index (χ2v) is 5.84. The van der Waals surface area contributed by atoms with E-state index >= 15 is 0 Å². The van der Waals surface area contributed by atoms with Gasteiger partial charge in [0.1, 0.15) is 5.71 Å². The van der Waals surface area contributed by atoms with E-state index < -0.39 is 0 Å². The van der Waals surface area contributed by atoms with Gasteiger partial charge in [-0.3, -0.25) is 0 Å². The Morgan fingerprint density at radius 2 is 2.06 bits per heavy atom. The molecule has 0 aromatic heterocycles. The summed E-state index contributed by atoms with van der Waals surface area (Å²) in [7, 11) is 6.32. The number of hydrogen-bond donors (Lipinski definition) is 0. The first-order valence-electron chi connectivity index (χ1n) is 6.62. The van der Waals surface area contributed by atoms with E-state index in [2.05, 4.69) is 52.0 Å². The minimum absolute atomic E-state index is 0.523. The van der Waals surface area contributed by atoms with E-state index in [1.807, 2.05) is 6.08 Å². The molecule has 1 atom stereocenters. The van der Waals surface area contributed by atoms with Crippen molar-refractivity contribution >= 4 is 5.71 Å². The summed E-state index contributed by atoms with van der Waals surface area (Å²) < 4.78 is 0.622. The Morgan fingerprint density at radius 3 is 2.72 bits per heavy atom. The maximum absolute atomic E-state index is 4.92. The molecule has 0 bridgehead atoms. The van der Waals surface area contributed by atoms with Crippen LogP contribution in [0.5, 0.6) is 0 Å². The van der Waals surface area contributed by atoms with Gasteiger partial charge in [0, 0.05) is 11.5 Å². The van der Waals surface area contributed by atoms with Crippen molar-refractivity contribution in [3.8, 4) is 0 Å². The molecule has 0 amide bonds. The van der Waals surface area contributed by atoms with Crippen LogP contribution in [0.3, 0.4) is 0 Å². The highest BCUT2D eigenvalue weighted by atomic mass is 15.6. The van der Waals surface area contributed by atoms with Crippen LogP contribution in [-0.4, -0.2) is 31.4 Å². The molecule has 0 fully saturated rings. The Labute approximate surface area is 110 Å². The quantitative estimate of drug-likeness (QED) is 0.439. The van der Waals surface area contributed by atoms with E-state index in [-0.39, 0.29) is 0 Å². The molecule has 96 valence electrons. The standard InChI is InChI=1S/C16H23N2/c1-5-8-14-12-11-13-9-6-7-10-15(13)16(14)17-18(2,3)4/h5-7,9-10,14H,1,8,11-12H2,2-4H3/q+1/b17-16+. The number of rotatable bonds is 3. The molecule has 0 radical (unpaired) electrons. The average molecular weight is 243 g/mol. The molecule has 2 heteroatoms. The molecule has 1 unspecified atom stereocenters. The normalized spacial score (nSPS) is 21.7. The van der Waals surface area contributed by atoms with Crippen LogP contribution in [-0.2, 0) is 6.42 Å². The number of aryl methyl sites for hydroxylation is 1. The summed E-state index contributed by atoms with van der Waals surface area (Å²) in [6.07, 6.45) is 5.38. The van der Waals surface area contributed by atoms with Gasteiger partial charge in [0.2, 0.25) is 0 Å². The van der Waals surface area contributed by atoms with Gasteiger partial charge in [-0.15, -0.1) is 6.58 Å². The molecule has 0 N–H and O–H groups in total. The molecular weight excluding hydrogens is 220 g/mol. The van der Waals surface area contributed by atoms with Crippen molar-refractivity contribution < 1.29 is 4.59 Å². The molecule has 0 spiro atoms. The van der Waals surface area contributed by atoms with E-state index in [1.54, 1.807) is 0 Å². The van der Waals surface area contributed by atoms with Crippen molar-refractivity contribution in [2.75, 3.05) is 21.1 Å². The van der Waals surface area contributed by atoms with Crippen molar-refractivity contribution in [3.05, 3.63) is 48.0 Å². The summed E-state index contributed by atoms with van der Waals surface area (Å²) in [4.78, 5) is 0. The van der Waals surface area contributed by atoms with Crippen molar-refractivity contribution in [1.29, 1.82) is 0 Å². The maximum Gasteiger partial charge on any atom is 0.107 e. The lowest BCUT2D eigenvalue weighted by atomic mass is 9.80. The van der Waals surface area contributed by atoms with E-state index in [0.29, 0.717) is 10.5 Å². The predicted octanol–water partition coefficient (Wildman–Crippen LogP) is 3.24. The Morgan fingerprint density at radius 1 is 1.33 bits per heavy atom. The maximum atomic E-state index is 4.92. The van der Waals surface area contributed by atoms with Crippen LogP contribution in [0.1, 0.15) is 24.0 Å². The van der Waals surface area contributed by atoms with Gasteiger partial charge in [0.05, 0.1) is 21.1 Å². The van der Waals surface area contributed by atoms with Gasteiger partial charge in [-0.25, -0.2) is 4.59 Å². The van der Waals surface area contributed by atoms with Crippen molar-refractivity contribution in [2.24, 2.45) is 11.0 Å². The molecular formula is C16H23N2+. The number of nitrogens with zero attached hydrogens (tertiary/aromatic N) is 2. The third-order valence-corrected chi connectivity index (χ3v) is 3.30. The van der Waals surface area contributed by atoms with Gasteiger partial charge in [-0.1, -0.05) is 35.4 Å². The minimum atomic E-state index is 0.523. The second kappa shape index (κ2) is 5.07. The summed E-state index contributed by atoms with van der Waals surface area (Å²) in [5.74, 6) is 0.523. The van der Waals surface area contributed by atoms with Gasteiger partial charge < -0.3 is 0 Å². The van der Waals surface area contributed by atoms with E-state index in [1.165, 1.54) is 23.3 Å². The van der Waals surface area contributed by atoms with Crippen LogP contribution >= 0.6 is 0 Å². The molecule has 1 aliphatic rings. The number of allylic oxidation sites excluding steroid dienone is 1. The molecule has 2 nitrogen and oxygen atoms in total. The van der Waals surface area contributed by atoms with Crippen LogP contribution in [0.25, 0.3) is 0 Å². The van der Waals surface area contributed by atoms with E-state index in [0.717, 1.165) is 12.8 Å². The van der Waals surface area contributed by atoms with Crippen molar-refractivity contribution in [1.82, 2.24) is 0 Å². The molecule has 2 rings (SSSR count). The average Bonchev–Trinajstić information content (AvgIpc) is 2.31. The molecule has 0 saturated heterocycles. The van der Waals surface area contributed by atoms with Crippen LogP contribution in [0.4, 0.5) is 0 Å². The Bertz CT molecular complexity index is 466. The molecule has 0 heterocycles. The topological polar surface area (TPSA) is 12.4 Å². The first-order chi connectivity index (χ1) is 8.51. The number of hydrogen-bond acceptors (Lipinski definition) is 1. The molecule has 1 aromatic rings. The summed E-state index contributed by atoms with van der Waals surface area (Å²) in [6.45, 7) is 3.88. The summed E-state index contributed by atoms with van der Waals surface area (Å²) in [5.41, 5.74) is 4.03. The van der Waals surface area contributed by atoms with Gasteiger partial charge in [0.25, 0.3) is 0 Å². The van der Waals surface area contributed by atoms with Crippen molar-refractivity contribution in [3.63, 3.8) is 0 Å². The molecule has 0 saturated carbocycles. The van der Waals surface area contributed by atoms with Gasteiger partial charge in [-0.2, -0.15) is 0 Å². The molecule has 0 aliphatic heterocycles. The van der Waals surface area contributed by atoms with Gasteiger partial charge in [0.15, 0.2) is 0 Å². The van der Waals surface area contributed by atoms with E-state index in [9.17, 15) is 0 Å². The Balaban J connectivity index is 2.47. The fraction of sp³-hybridized carbons (Fsp3) is 0.438. The zero-order valence-electron chi connectivity index (χ0n) is 11.7. The third kappa shape index (κ3) is 2.88. The van der Waals surface area contributed by atoms with Crippen molar-refractivity contribution in [2.45, 2.75) is 19.3 Å². The molecule has 1 aliphatic carbocycles. The third-order valence-electron chi connectivity index (χ3n) is 3.30. The first kappa shape index (κ1) is 13.0. The summed E-state index contributed by atoms with van der Waals surface area (Å²) >= 11 is 0. The highest BCUT2D eigenvalue weighted by Crippen LogP contribution is 2.29. The Hall–Kier alpha value is -1.41. The summed E-state index contributed by atoms with van der Waals surface area (Å²) in [5, 5.41) is 4.92. The Kier molecular flexibility index (Phi) is 3.67. The fourth-order valence-corrected chi connectivity index (χ4v) is 2.56. The van der Waals surface area contributed by atoms with Crippen LogP contribution in [0.2, 0.25) is 0 Å². The zero-order valence-corrected chi connectivity index (χ0v) is 11.7. The van der Waals surface area contributed by atoms with Gasteiger partial charge >= 0.3 is 0 Å². The van der Waals surface area contributed by atoms with Gasteiger partial charge in [-0.05, 0) is 24.8 Å². The summed E-state index contributed by atoms with van der Waals surface area (Å²) in [6, 6.07) is 8.67. The lowest BCUT2D eigenvalue weighted by Crippen LogP contribution is -2.33. The first-order valence-corrected chi connectivity index (χ1v) is 6.62. The predicted molar refractivity (Wildman–Crippen MR) is 77.6 cm³/mol. The highest BCUT2D eigenvalue weighted by Gasteiger charge is 2.27. The minimum Gasteiger partial charge on any atom is -0.205 e. The van der Waals surface area contributed by atoms with Crippen LogP contribution in [0.15, 0.2) is 42.0 Å². The number of fused-ring (bicyclic) bond motifs is 1. The van der Waals surface area contributed by atoms with E-state index in [4.69, 9.17) is 5.10 Å². The lowest BCUT2D eigenvalue weighted by Gasteiger charge is -2.28. The SMILES string of the molecule is C=CCC1CCc2ccccc2/C1=N/[N+](C)(C)C. The van der Waals surface area contributed by atoms with Crippen LogP contribution in [0, 0.1) is 5.92 Å². The largest absolute Gasteiger partial charge is 0.205 e. The molecule has 18 heavy (non-hydrogen) atoms. The number of benzene rings is 1. The monoisotopic (exact) mass is 243 g/mol. The zero-order chi connectivity index (χ0) is 13.2.